The van der Waals surface area contributed by atoms with Crippen LogP contribution in [0.5, 0.6) is 0 Å². The molecule has 1 fully saturated rings. The highest BCUT2D eigenvalue weighted by Crippen LogP contribution is 2.33. The highest BCUT2D eigenvalue weighted by Gasteiger charge is 2.17. The maximum atomic E-state index is 5.39. The van der Waals surface area contributed by atoms with Crippen molar-refractivity contribution >= 4 is 32.4 Å². The maximum Gasteiger partial charge on any atom is 0.186 e. The number of benzene rings is 1. The molecule has 2 aromatic rings. The summed E-state index contributed by atoms with van der Waals surface area (Å²) in [5.41, 5.74) is 2.27. The number of morpholine rings is 1. The Morgan fingerprint density at radius 3 is 2.58 bits per heavy atom. The van der Waals surface area contributed by atoms with E-state index >= 15 is 0 Å². The van der Waals surface area contributed by atoms with Gasteiger partial charge in [-0.05, 0) is 19.1 Å². The number of nitrogens with zero attached hydrogens (tertiary/aromatic N) is 2. The number of rotatable bonds is 2. The number of anilines is 1. The molecule has 1 aliphatic rings. The van der Waals surface area contributed by atoms with Gasteiger partial charge in [0.2, 0.25) is 0 Å². The van der Waals surface area contributed by atoms with Crippen molar-refractivity contribution in [3.05, 3.63) is 33.6 Å². The van der Waals surface area contributed by atoms with Crippen molar-refractivity contribution in [1.29, 1.82) is 0 Å². The fourth-order valence-electron chi connectivity index (χ4n) is 2.15. The molecule has 1 saturated heterocycles. The van der Waals surface area contributed by atoms with Gasteiger partial charge in [-0.15, -0.1) is 11.3 Å². The Hall–Kier alpha value is -0.910. The highest BCUT2D eigenvalue weighted by molar-refractivity contribution is 9.10. The molecular weight excluding hydrogens is 324 g/mol. The minimum absolute atomic E-state index is 0.798. The van der Waals surface area contributed by atoms with Gasteiger partial charge >= 0.3 is 0 Å². The number of halogens is 1. The summed E-state index contributed by atoms with van der Waals surface area (Å²) in [5, 5.41) is 1.11. The monoisotopic (exact) mass is 338 g/mol. The number of hydrogen-bond acceptors (Lipinski definition) is 4. The summed E-state index contributed by atoms with van der Waals surface area (Å²) in [6.45, 7) is 5.61. The minimum Gasteiger partial charge on any atom is -0.378 e. The summed E-state index contributed by atoms with van der Waals surface area (Å²) >= 11 is 5.23. The topological polar surface area (TPSA) is 25.4 Å². The standard InChI is InChI=1S/C14H15BrN2OS/c1-10-13(11-2-4-12(15)5-3-11)16-14(19-10)17-6-8-18-9-7-17/h2-5H,6-9H2,1H3. The Labute approximate surface area is 125 Å². The van der Waals surface area contributed by atoms with E-state index in [9.17, 15) is 0 Å². The zero-order valence-corrected chi connectivity index (χ0v) is 13.1. The van der Waals surface area contributed by atoms with Crippen LogP contribution in [0.25, 0.3) is 11.3 Å². The second-order valence-electron chi connectivity index (χ2n) is 4.51. The smallest absolute Gasteiger partial charge is 0.186 e. The van der Waals surface area contributed by atoms with E-state index in [1.54, 1.807) is 11.3 Å². The van der Waals surface area contributed by atoms with E-state index < -0.39 is 0 Å². The van der Waals surface area contributed by atoms with Crippen molar-refractivity contribution in [1.82, 2.24) is 4.98 Å². The molecule has 0 bridgehead atoms. The van der Waals surface area contributed by atoms with Crippen LogP contribution in [0.1, 0.15) is 4.88 Å². The van der Waals surface area contributed by atoms with Gasteiger partial charge in [-0.3, -0.25) is 0 Å². The zero-order valence-electron chi connectivity index (χ0n) is 10.7. The summed E-state index contributed by atoms with van der Waals surface area (Å²) in [5.74, 6) is 0. The van der Waals surface area contributed by atoms with Gasteiger partial charge < -0.3 is 9.64 Å². The Balaban J connectivity index is 1.90. The van der Waals surface area contributed by atoms with Gasteiger partial charge in [0.15, 0.2) is 5.13 Å². The Kier molecular flexibility index (Phi) is 3.86. The van der Waals surface area contributed by atoms with Gasteiger partial charge in [0, 0.05) is 28.0 Å². The Bertz CT molecular complexity index is 561. The predicted molar refractivity (Wildman–Crippen MR) is 83.0 cm³/mol. The molecule has 1 aliphatic heterocycles. The molecule has 3 nitrogen and oxygen atoms in total. The van der Waals surface area contributed by atoms with Crippen molar-refractivity contribution in [3.8, 4) is 11.3 Å². The first-order chi connectivity index (χ1) is 9.24. The number of aryl methyl sites for hydroxylation is 1. The van der Waals surface area contributed by atoms with E-state index in [1.807, 2.05) is 0 Å². The van der Waals surface area contributed by atoms with Crippen LogP contribution in [-0.2, 0) is 4.74 Å². The van der Waals surface area contributed by atoms with Gasteiger partial charge in [0.25, 0.3) is 0 Å². The lowest BCUT2D eigenvalue weighted by Crippen LogP contribution is -2.36. The molecule has 19 heavy (non-hydrogen) atoms. The van der Waals surface area contributed by atoms with Crippen LogP contribution in [-0.4, -0.2) is 31.3 Å². The first-order valence-corrected chi connectivity index (χ1v) is 7.91. The molecule has 0 radical (unpaired) electrons. The fraction of sp³-hybridized carbons (Fsp3) is 0.357. The SMILES string of the molecule is Cc1sc(N2CCOCC2)nc1-c1ccc(Br)cc1. The van der Waals surface area contributed by atoms with Crippen LogP contribution in [0.3, 0.4) is 0 Å². The first kappa shape index (κ1) is 13.1. The molecule has 0 atom stereocenters. The Morgan fingerprint density at radius 1 is 1.21 bits per heavy atom. The van der Waals surface area contributed by atoms with Crippen LogP contribution < -0.4 is 4.90 Å². The fourth-order valence-corrected chi connectivity index (χ4v) is 3.39. The van der Waals surface area contributed by atoms with Gasteiger partial charge in [-0.25, -0.2) is 4.98 Å². The molecule has 1 aromatic carbocycles. The summed E-state index contributed by atoms with van der Waals surface area (Å²) in [6, 6.07) is 8.33. The zero-order chi connectivity index (χ0) is 13.2. The molecule has 0 N–H and O–H groups in total. The third-order valence-electron chi connectivity index (χ3n) is 3.18. The van der Waals surface area contributed by atoms with Gasteiger partial charge in [0.05, 0.1) is 18.9 Å². The summed E-state index contributed by atoms with van der Waals surface area (Å²) in [4.78, 5) is 8.38. The maximum absolute atomic E-state index is 5.39. The first-order valence-electron chi connectivity index (χ1n) is 6.30. The molecule has 0 aliphatic carbocycles. The van der Waals surface area contributed by atoms with E-state index in [-0.39, 0.29) is 0 Å². The third kappa shape index (κ3) is 2.83. The van der Waals surface area contributed by atoms with Crippen LogP contribution in [0.15, 0.2) is 28.7 Å². The molecule has 0 amide bonds. The summed E-state index contributed by atoms with van der Waals surface area (Å²) in [7, 11) is 0. The lowest BCUT2D eigenvalue weighted by Gasteiger charge is -2.26. The van der Waals surface area contributed by atoms with E-state index in [2.05, 4.69) is 52.0 Å². The number of hydrogen-bond donors (Lipinski definition) is 0. The van der Waals surface area contributed by atoms with Gasteiger partial charge in [-0.1, -0.05) is 28.1 Å². The largest absolute Gasteiger partial charge is 0.378 e. The average molecular weight is 339 g/mol. The van der Waals surface area contributed by atoms with E-state index in [4.69, 9.17) is 9.72 Å². The molecule has 0 saturated carbocycles. The molecule has 0 spiro atoms. The van der Waals surface area contributed by atoms with Crippen molar-refractivity contribution in [2.24, 2.45) is 0 Å². The third-order valence-corrected chi connectivity index (χ3v) is 4.74. The van der Waals surface area contributed by atoms with Crippen molar-refractivity contribution in [2.75, 3.05) is 31.2 Å². The summed E-state index contributed by atoms with van der Waals surface area (Å²) < 4.78 is 6.48. The number of aromatic nitrogens is 1. The van der Waals surface area contributed by atoms with Crippen molar-refractivity contribution in [3.63, 3.8) is 0 Å². The minimum atomic E-state index is 0.798. The highest BCUT2D eigenvalue weighted by atomic mass is 79.9. The molecule has 1 aromatic heterocycles. The normalized spacial score (nSPS) is 15.8. The molecule has 5 heteroatoms. The Morgan fingerprint density at radius 2 is 1.89 bits per heavy atom. The summed E-state index contributed by atoms with van der Waals surface area (Å²) in [6.07, 6.45) is 0. The molecule has 2 heterocycles. The number of ether oxygens (including phenoxy) is 1. The van der Waals surface area contributed by atoms with Gasteiger partial charge in [0.1, 0.15) is 0 Å². The predicted octanol–water partition coefficient (Wildman–Crippen LogP) is 3.72. The lowest BCUT2D eigenvalue weighted by atomic mass is 10.1. The van der Waals surface area contributed by atoms with Crippen LogP contribution in [0, 0.1) is 6.92 Å². The van der Waals surface area contributed by atoms with E-state index in [1.165, 1.54) is 10.4 Å². The molecule has 0 unspecified atom stereocenters. The molecule has 3 rings (SSSR count). The van der Waals surface area contributed by atoms with Gasteiger partial charge in [-0.2, -0.15) is 0 Å². The molecular formula is C14H15BrN2OS. The average Bonchev–Trinajstić information content (AvgIpc) is 2.83. The second kappa shape index (κ2) is 5.61. The van der Waals surface area contributed by atoms with Crippen LogP contribution >= 0.6 is 27.3 Å². The van der Waals surface area contributed by atoms with Crippen LogP contribution in [0.4, 0.5) is 5.13 Å². The van der Waals surface area contributed by atoms with E-state index in [0.717, 1.165) is 41.6 Å². The molecule has 100 valence electrons. The second-order valence-corrected chi connectivity index (χ2v) is 6.60. The quantitative estimate of drug-likeness (QED) is 0.834. The van der Waals surface area contributed by atoms with Crippen molar-refractivity contribution < 1.29 is 4.74 Å². The van der Waals surface area contributed by atoms with Crippen molar-refractivity contribution in [2.45, 2.75) is 6.92 Å². The number of thiazole rings is 1. The van der Waals surface area contributed by atoms with E-state index in [0.29, 0.717) is 0 Å². The lowest BCUT2D eigenvalue weighted by molar-refractivity contribution is 0.122. The van der Waals surface area contributed by atoms with Crippen LogP contribution in [0.2, 0.25) is 0 Å².